The molecule has 0 aliphatic carbocycles. The van der Waals surface area contributed by atoms with Crippen molar-refractivity contribution in [2.24, 2.45) is 0 Å². The molecule has 2 aromatic carbocycles. The molecular weight excluding hydrogens is 362 g/mol. The maximum Gasteiger partial charge on any atom is 0.220 e. The van der Waals surface area contributed by atoms with Crippen molar-refractivity contribution >= 4 is 15.7 Å². The van der Waals surface area contributed by atoms with Gasteiger partial charge in [-0.1, -0.05) is 36.8 Å². The summed E-state index contributed by atoms with van der Waals surface area (Å²) in [6, 6.07) is 14.3. The molecular formula is C21H27NO4S. The number of carbonyl (C=O) groups excluding carboxylic acids is 1. The fourth-order valence-electron chi connectivity index (χ4n) is 2.69. The lowest BCUT2D eigenvalue weighted by Gasteiger charge is -2.18. The topological polar surface area (TPSA) is 72.5 Å². The molecule has 5 nitrogen and oxygen atoms in total. The average Bonchev–Trinajstić information content (AvgIpc) is 2.64. The van der Waals surface area contributed by atoms with Crippen molar-refractivity contribution in [1.82, 2.24) is 5.32 Å². The van der Waals surface area contributed by atoms with Crippen molar-refractivity contribution in [1.29, 1.82) is 0 Å². The van der Waals surface area contributed by atoms with Gasteiger partial charge < -0.3 is 10.1 Å². The molecule has 1 N–H and O–H groups in total. The van der Waals surface area contributed by atoms with Crippen molar-refractivity contribution in [3.05, 3.63) is 59.7 Å². The van der Waals surface area contributed by atoms with Crippen LogP contribution in [0.15, 0.2) is 53.4 Å². The number of benzene rings is 2. The molecule has 6 heteroatoms. The third-order valence-electron chi connectivity index (χ3n) is 4.29. The largest absolute Gasteiger partial charge is 0.494 e. The lowest BCUT2D eigenvalue weighted by molar-refractivity contribution is -0.122. The fraction of sp³-hybridized carbons (Fsp3) is 0.381. The van der Waals surface area contributed by atoms with Crippen LogP contribution in [0.3, 0.4) is 0 Å². The highest BCUT2D eigenvalue weighted by atomic mass is 32.2. The second-order valence-corrected chi connectivity index (χ2v) is 8.65. The summed E-state index contributed by atoms with van der Waals surface area (Å²) < 4.78 is 28.7. The van der Waals surface area contributed by atoms with Gasteiger partial charge in [0, 0.05) is 12.7 Å². The number of aryl methyl sites for hydroxylation is 1. The maximum absolute atomic E-state index is 12.2. The molecule has 1 amide bonds. The Labute approximate surface area is 161 Å². The van der Waals surface area contributed by atoms with Crippen LogP contribution in [0.4, 0.5) is 0 Å². The zero-order valence-electron chi connectivity index (χ0n) is 16.1. The Hall–Kier alpha value is -2.34. The van der Waals surface area contributed by atoms with Gasteiger partial charge in [-0.2, -0.15) is 0 Å². The second kappa shape index (κ2) is 9.55. The monoisotopic (exact) mass is 389 g/mol. The summed E-state index contributed by atoms with van der Waals surface area (Å²) in [6.45, 7) is 4.49. The van der Waals surface area contributed by atoms with E-state index >= 15 is 0 Å². The zero-order valence-corrected chi connectivity index (χ0v) is 16.9. The van der Waals surface area contributed by atoms with E-state index in [0.717, 1.165) is 17.7 Å². The van der Waals surface area contributed by atoms with Gasteiger partial charge >= 0.3 is 0 Å². The maximum atomic E-state index is 12.2. The smallest absolute Gasteiger partial charge is 0.220 e. The van der Waals surface area contributed by atoms with E-state index in [-0.39, 0.29) is 16.8 Å². The number of nitrogens with one attached hydrogen (secondary N) is 1. The van der Waals surface area contributed by atoms with E-state index in [4.69, 9.17) is 4.74 Å². The SMILES string of the molecule is CCC(NC(=O)CCCOc1ccc(C)cc1)c1ccc(S(C)(=O)=O)cc1. The van der Waals surface area contributed by atoms with E-state index in [1.165, 1.54) is 11.8 Å². The summed E-state index contributed by atoms with van der Waals surface area (Å²) in [4.78, 5) is 12.5. The fourth-order valence-corrected chi connectivity index (χ4v) is 3.32. The van der Waals surface area contributed by atoms with Crippen LogP contribution >= 0.6 is 0 Å². The molecule has 0 bridgehead atoms. The number of carbonyl (C=O) groups is 1. The van der Waals surface area contributed by atoms with Crippen LogP contribution in [0.2, 0.25) is 0 Å². The molecule has 0 saturated carbocycles. The van der Waals surface area contributed by atoms with Crippen LogP contribution in [0.5, 0.6) is 5.75 Å². The van der Waals surface area contributed by atoms with Crippen LogP contribution in [-0.4, -0.2) is 27.2 Å². The molecule has 0 fully saturated rings. The summed E-state index contributed by atoms with van der Waals surface area (Å²) in [7, 11) is -3.22. The lowest BCUT2D eigenvalue weighted by Crippen LogP contribution is -2.28. The summed E-state index contributed by atoms with van der Waals surface area (Å²) in [5.41, 5.74) is 2.08. The van der Waals surface area contributed by atoms with E-state index < -0.39 is 9.84 Å². The molecule has 0 spiro atoms. The Kier molecular flexibility index (Phi) is 7.42. The first kappa shape index (κ1) is 21.0. The molecule has 27 heavy (non-hydrogen) atoms. The van der Waals surface area contributed by atoms with E-state index in [2.05, 4.69) is 5.32 Å². The van der Waals surface area contributed by atoms with Crippen LogP contribution in [0.25, 0.3) is 0 Å². The third kappa shape index (κ3) is 6.71. The first-order valence-electron chi connectivity index (χ1n) is 9.08. The Morgan fingerprint density at radius 1 is 1.07 bits per heavy atom. The number of hydrogen-bond donors (Lipinski definition) is 1. The summed E-state index contributed by atoms with van der Waals surface area (Å²) in [6.07, 6.45) is 2.91. The van der Waals surface area contributed by atoms with Crippen molar-refractivity contribution in [2.45, 2.75) is 44.0 Å². The van der Waals surface area contributed by atoms with E-state index in [9.17, 15) is 13.2 Å². The van der Waals surface area contributed by atoms with Crippen molar-refractivity contribution in [3.63, 3.8) is 0 Å². The Balaban J connectivity index is 1.81. The zero-order chi connectivity index (χ0) is 19.9. The molecule has 1 atom stereocenters. The Bertz CT molecular complexity index is 843. The van der Waals surface area contributed by atoms with Crippen LogP contribution in [0, 0.1) is 6.92 Å². The van der Waals surface area contributed by atoms with E-state index in [0.29, 0.717) is 19.4 Å². The first-order chi connectivity index (χ1) is 12.8. The minimum Gasteiger partial charge on any atom is -0.494 e. The van der Waals surface area contributed by atoms with Gasteiger partial charge in [-0.15, -0.1) is 0 Å². The second-order valence-electron chi connectivity index (χ2n) is 6.63. The predicted octanol–water partition coefficient (Wildman–Crippen LogP) is 3.83. The Morgan fingerprint density at radius 3 is 2.26 bits per heavy atom. The van der Waals surface area contributed by atoms with Gasteiger partial charge in [0.2, 0.25) is 5.91 Å². The lowest BCUT2D eigenvalue weighted by atomic mass is 10.0. The average molecular weight is 390 g/mol. The highest BCUT2D eigenvalue weighted by Crippen LogP contribution is 2.19. The van der Waals surface area contributed by atoms with Crippen LogP contribution < -0.4 is 10.1 Å². The standard InChI is InChI=1S/C21H27NO4S/c1-4-20(17-9-13-19(14-10-17)27(3,24)25)22-21(23)6-5-15-26-18-11-7-16(2)8-12-18/h7-14,20H,4-6,15H2,1-3H3,(H,22,23). The quantitative estimate of drug-likeness (QED) is 0.662. The summed E-state index contributed by atoms with van der Waals surface area (Å²) in [5, 5.41) is 3.00. The molecule has 0 aliphatic rings. The number of amides is 1. The third-order valence-corrected chi connectivity index (χ3v) is 5.42. The van der Waals surface area contributed by atoms with Gasteiger partial charge in [0.15, 0.2) is 9.84 Å². The van der Waals surface area contributed by atoms with E-state index in [1.54, 1.807) is 24.3 Å². The highest BCUT2D eigenvalue weighted by Gasteiger charge is 2.14. The molecule has 0 radical (unpaired) electrons. The van der Waals surface area contributed by atoms with Gasteiger partial charge in [-0.25, -0.2) is 8.42 Å². The normalized spacial score (nSPS) is 12.4. The van der Waals surface area contributed by atoms with Crippen molar-refractivity contribution < 1.29 is 17.9 Å². The number of rotatable bonds is 9. The first-order valence-corrected chi connectivity index (χ1v) is 11.0. The van der Waals surface area contributed by atoms with Crippen molar-refractivity contribution in [3.8, 4) is 5.75 Å². The summed E-state index contributed by atoms with van der Waals surface area (Å²) in [5.74, 6) is 0.764. The van der Waals surface area contributed by atoms with Gasteiger partial charge in [-0.3, -0.25) is 4.79 Å². The highest BCUT2D eigenvalue weighted by molar-refractivity contribution is 7.90. The van der Waals surface area contributed by atoms with Crippen LogP contribution in [-0.2, 0) is 14.6 Å². The predicted molar refractivity (Wildman–Crippen MR) is 107 cm³/mol. The number of hydrogen-bond acceptors (Lipinski definition) is 4. The van der Waals surface area contributed by atoms with Crippen molar-refractivity contribution in [2.75, 3.05) is 12.9 Å². The number of ether oxygens (including phenoxy) is 1. The molecule has 2 aromatic rings. The summed E-state index contributed by atoms with van der Waals surface area (Å²) >= 11 is 0. The molecule has 1 unspecified atom stereocenters. The molecule has 0 aliphatic heterocycles. The minimum absolute atomic E-state index is 0.0402. The van der Waals surface area contributed by atoms with Gasteiger partial charge in [0.25, 0.3) is 0 Å². The molecule has 146 valence electrons. The van der Waals surface area contributed by atoms with Crippen LogP contribution in [0.1, 0.15) is 43.4 Å². The van der Waals surface area contributed by atoms with Gasteiger partial charge in [0.1, 0.15) is 5.75 Å². The van der Waals surface area contributed by atoms with Gasteiger partial charge in [-0.05, 0) is 49.6 Å². The molecule has 2 rings (SSSR count). The molecule has 0 saturated heterocycles. The molecule has 0 heterocycles. The Morgan fingerprint density at radius 2 is 1.70 bits per heavy atom. The minimum atomic E-state index is -3.22. The number of sulfone groups is 1. The van der Waals surface area contributed by atoms with E-state index in [1.807, 2.05) is 38.1 Å². The van der Waals surface area contributed by atoms with Gasteiger partial charge in [0.05, 0.1) is 17.5 Å². The molecule has 0 aromatic heterocycles.